The van der Waals surface area contributed by atoms with E-state index in [-0.39, 0.29) is 10.9 Å². The van der Waals surface area contributed by atoms with Gasteiger partial charge in [-0.2, -0.15) is 13.2 Å². The van der Waals surface area contributed by atoms with E-state index in [0.29, 0.717) is 45.0 Å². The molecule has 0 unspecified atom stereocenters. The van der Waals surface area contributed by atoms with Gasteiger partial charge in [-0.3, -0.25) is 9.69 Å². The number of carbonyl (C=O) groups is 1. The van der Waals surface area contributed by atoms with E-state index in [1.165, 1.54) is 0 Å². The number of nitrogens with zero attached hydrogens (tertiary/aromatic N) is 3. The number of pyridine rings is 1. The van der Waals surface area contributed by atoms with Gasteiger partial charge >= 0.3 is 6.18 Å². The molecule has 0 atom stereocenters. The van der Waals surface area contributed by atoms with Crippen molar-refractivity contribution >= 4 is 40.8 Å². The van der Waals surface area contributed by atoms with Gasteiger partial charge in [0.25, 0.3) is 0 Å². The maximum absolute atomic E-state index is 12.8. The van der Waals surface area contributed by atoms with Crippen LogP contribution in [-0.4, -0.2) is 54.8 Å². The summed E-state index contributed by atoms with van der Waals surface area (Å²) >= 11 is 7.61. The first-order valence-corrected chi connectivity index (χ1v) is 11.0. The Morgan fingerprint density at radius 2 is 1.93 bits per heavy atom. The number of halogens is 4. The average molecular weight is 459 g/mol. The highest BCUT2D eigenvalue weighted by Crippen LogP contribution is 2.33. The number of carbonyl (C=O) groups excluding carboxylic acids is 1. The van der Waals surface area contributed by atoms with Crippen LogP contribution >= 0.6 is 23.4 Å². The van der Waals surface area contributed by atoms with Gasteiger partial charge in [-0.1, -0.05) is 23.7 Å². The molecule has 1 fully saturated rings. The lowest BCUT2D eigenvalue weighted by atomic mass is 10.2. The van der Waals surface area contributed by atoms with Gasteiger partial charge in [0.05, 0.1) is 16.3 Å². The molecule has 0 spiro atoms. The number of anilines is 2. The second-order valence-corrected chi connectivity index (χ2v) is 8.11. The third kappa shape index (κ3) is 5.80. The number of piperazine rings is 1. The Kier molecular flexibility index (Phi) is 7.49. The molecule has 2 aromatic rings. The van der Waals surface area contributed by atoms with Gasteiger partial charge in [0.1, 0.15) is 5.82 Å². The van der Waals surface area contributed by atoms with Gasteiger partial charge in [-0.05, 0) is 24.5 Å². The number of amides is 1. The molecule has 1 saturated heterocycles. The number of rotatable bonds is 6. The Morgan fingerprint density at radius 1 is 1.23 bits per heavy atom. The SMILES string of the molecule is CSc1ccccc1NC(=O)CCN1CCN(c2ncc(C(F)(F)F)cc2Cl)CC1. The lowest BCUT2D eigenvalue weighted by Crippen LogP contribution is -2.47. The van der Waals surface area contributed by atoms with Gasteiger partial charge in [-0.15, -0.1) is 11.8 Å². The first-order chi connectivity index (χ1) is 14.3. The molecule has 10 heteroatoms. The van der Waals surface area contributed by atoms with E-state index >= 15 is 0 Å². The summed E-state index contributed by atoms with van der Waals surface area (Å²) in [4.78, 5) is 21.2. The zero-order valence-corrected chi connectivity index (χ0v) is 17.9. The van der Waals surface area contributed by atoms with Crippen molar-refractivity contribution < 1.29 is 18.0 Å². The second kappa shape index (κ2) is 9.89. The number of nitrogens with one attached hydrogen (secondary N) is 1. The molecule has 1 aromatic heterocycles. The largest absolute Gasteiger partial charge is 0.417 e. The van der Waals surface area contributed by atoms with E-state index in [4.69, 9.17) is 11.6 Å². The van der Waals surface area contributed by atoms with Crippen LogP contribution in [0, 0.1) is 0 Å². The molecule has 0 bridgehead atoms. The fourth-order valence-electron chi connectivity index (χ4n) is 3.22. The van der Waals surface area contributed by atoms with Crippen molar-refractivity contribution in [3.63, 3.8) is 0 Å². The zero-order valence-electron chi connectivity index (χ0n) is 16.4. The molecule has 0 aliphatic carbocycles. The lowest BCUT2D eigenvalue weighted by Gasteiger charge is -2.35. The van der Waals surface area contributed by atoms with Gasteiger partial charge in [0, 0.05) is 50.2 Å². The minimum Gasteiger partial charge on any atom is -0.353 e. The third-order valence-corrected chi connectivity index (χ3v) is 5.93. The molecule has 1 aromatic carbocycles. The van der Waals surface area contributed by atoms with Crippen LogP contribution in [0.15, 0.2) is 41.4 Å². The van der Waals surface area contributed by atoms with Crippen molar-refractivity contribution in [1.29, 1.82) is 0 Å². The van der Waals surface area contributed by atoms with E-state index in [0.717, 1.165) is 22.8 Å². The number of aromatic nitrogens is 1. The number of thioether (sulfide) groups is 1. The molecule has 1 aliphatic rings. The normalized spacial score (nSPS) is 15.3. The number of para-hydroxylation sites is 1. The highest BCUT2D eigenvalue weighted by Gasteiger charge is 2.32. The predicted molar refractivity (Wildman–Crippen MR) is 114 cm³/mol. The summed E-state index contributed by atoms with van der Waals surface area (Å²) < 4.78 is 38.3. The van der Waals surface area contributed by atoms with Crippen molar-refractivity contribution in [3.05, 3.63) is 47.1 Å². The van der Waals surface area contributed by atoms with E-state index in [1.807, 2.05) is 35.4 Å². The van der Waals surface area contributed by atoms with Crippen LogP contribution in [0.1, 0.15) is 12.0 Å². The summed E-state index contributed by atoms with van der Waals surface area (Å²) in [5.74, 6) is 0.308. The Morgan fingerprint density at radius 3 is 2.57 bits per heavy atom. The number of alkyl halides is 3. The van der Waals surface area contributed by atoms with Crippen LogP contribution in [0.4, 0.5) is 24.7 Å². The highest BCUT2D eigenvalue weighted by atomic mass is 35.5. The summed E-state index contributed by atoms with van der Waals surface area (Å²) in [5, 5.41) is 2.94. The van der Waals surface area contributed by atoms with Crippen LogP contribution in [0.3, 0.4) is 0 Å². The van der Waals surface area contributed by atoms with Crippen molar-refractivity contribution in [2.75, 3.05) is 49.2 Å². The smallest absolute Gasteiger partial charge is 0.353 e. The summed E-state index contributed by atoms with van der Waals surface area (Å²) in [5.41, 5.74) is -0.0493. The van der Waals surface area contributed by atoms with Crippen molar-refractivity contribution in [2.45, 2.75) is 17.5 Å². The number of benzene rings is 1. The van der Waals surface area contributed by atoms with E-state index in [9.17, 15) is 18.0 Å². The van der Waals surface area contributed by atoms with Gasteiger partial charge in [0.2, 0.25) is 5.91 Å². The molecule has 30 heavy (non-hydrogen) atoms. The first kappa shape index (κ1) is 22.7. The Balaban J connectivity index is 1.48. The van der Waals surface area contributed by atoms with Crippen molar-refractivity contribution in [1.82, 2.24) is 9.88 Å². The molecule has 0 saturated carbocycles. The first-order valence-electron chi connectivity index (χ1n) is 9.41. The molecule has 2 heterocycles. The summed E-state index contributed by atoms with van der Waals surface area (Å²) in [6.07, 6.45) is -1.33. The van der Waals surface area contributed by atoms with E-state index < -0.39 is 11.7 Å². The van der Waals surface area contributed by atoms with Crippen molar-refractivity contribution in [3.8, 4) is 0 Å². The van der Waals surface area contributed by atoms with Crippen LogP contribution in [-0.2, 0) is 11.0 Å². The van der Waals surface area contributed by atoms with E-state index in [1.54, 1.807) is 11.8 Å². The summed E-state index contributed by atoms with van der Waals surface area (Å²) in [6, 6.07) is 8.56. The van der Waals surface area contributed by atoms with Gasteiger partial charge < -0.3 is 10.2 Å². The average Bonchev–Trinajstić information content (AvgIpc) is 2.72. The minimum atomic E-state index is -4.47. The Bertz CT molecular complexity index is 889. The third-order valence-electron chi connectivity index (χ3n) is 4.86. The fourth-order valence-corrected chi connectivity index (χ4v) is 4.06. The standard InChI is InChI=1S/C20H22ClF3N4OS/c1-30-17-5-3-2-4-16(17)26-18(29)6-7-27-8-10-28(11-9-27)19-15(21)12-14(13-25-19)20(22,23)24/h2-5,12-13H,6-11H2,1H3,(H,26,29). The molecule has 5 nitrogen and oxygen atoms in total. The number of hydrogen-bond acceptors (Lipinski definition) is 5. The fraction of sp³-hybridized carbons (Fsp3) is 0.400. The Hall–Kier alpha value is -1.97. The van der Waals surface area contributed by atoms with Crippen LogP contribution in [0.25, 0.3) is 0 Å². The maximum atomic E-state index is 12.8. The summed E-state index contributed by atoms with van der Waals surface area (Å²) in [7, 11) is 0. The molecular weight excluding hydrogens is 437 g/mol. The minimum absolute atomic E-state index is 0.00916. The second-order valence-electron chi connectivity index (χ2n) is 6.85. The molecule has 1 amide bonds. The van der Waals surface area contributed by atoms with Crippen LogP contribution in [0.5, 0.6) is 0 Å². The predicted octanol–water partition coefficient (Wildman–Crippen LogP) is 4.63. The van der Waals surface area contributed by atoms with Gasteiger partial charge in [-0.25, -0.2) is 4.98 Å². The quantitative estimate of drug-likeness (QED) is 0.640. The molecule has 3 rings (SSSR count). The molecule has 1 N–H and O–H groups in total. The maximum Gasteiger partial charge on any atom is 0.417 e. The van der Waals surface area contributed by atoms with E-state index in [2.05, 4.69) is 15.2 Å². The lowest BCUT2D eigenvalue weighted by molar-refractivity contribution is -0.137. The van der Waals surface area contributed by atoms with Crippen LogP contribution < -0.4 is 10.2 Å². The molecular formula is C20H22ClF3N4OS. The summed E-state index contributed by atoms with van der Waals surface area (Å²) in [6.45, 7) is 3.11. The molecule has 0 radical (unpaired) electrons. The zero-order chi connectivity index (χ0) is 21.7. The molecule has 1 aliphatic heterocycles. The van der Waals surface area contributed by atoms with Gasteiger partial charge in [0.15, 0.2) is 0 Å². The van der Waals surface area contributed by atoms with Crippen LogP contribution in [0.2, 0.25) is 5.02 Å². The monoisotopic (exact) mass is 458 g/mol. The topological polar surface area (TPSA) is 48.5 Å². The Labute approximate surface area is 182 Å². The number of hydrogen-bond donors (Lipinski definition) is 1. The molecule has 162 valence electrons. The van der Waals surface area contributed by atoms with Crippen molar-refractivity contribution in [2.24, 2.45) is 0 Å². The highest BCUT2D eigenvalue weighted by molar-refractivity contribution is 7.98.